The van der Waals surface area contributed by atoms with E-state index >= 15 is 0 Å². The Bertz CT molecular complexity index is 495. The van der Waals surface area contributed by atoms with Crippen LogP contribution in [0.15, 0.2) is 18.2 Å². The van der Waals surface area contributed by atoms with Crippen LogP contribution in [-0.4, -0.2) is 24.4 Å². The molecule has 1 aromatic rings. The highest BCUT2D eigenvalue weighted by molar-refractivity contribution is 5.96. The molecule has 0 saturated heterocycles. The maximum Gasteiger partial charge on any atom is 0.251 e. The molecule has 4 nitrogen and oxygen atoms in total. The average Bonchev–Trinajstić information content (AvgIpc) is 2.82. The number of aryl methyl sites for hydroxylation is 2. The van der Waals surface area contributed by atoms with Gasteiger partial charge in [0.2, 0.25) is 5.91 Å². The van der Waals surface area contributed by atoms with Crippen molar-refractivity contribution < 1.29 is 9.59 Å². The summed E-state index contributed by atoms with van der Waals surface area (Å²) in [4.78, 5) is 23.4. The van der Waals surface area contributed by atoms with E-state index < -0.39 is 0 Å². The molecule has 2 N–H and O–H groups in total. The van der Waals surface area contributed by atoms with Gasteiger partial charge in [0.1, 0.15) is 0 Å². The molecule has 0 unspecified atom stereocenters. The van der Waals surface area contributed by atoms with E-state index in [2.05, 4.69) is 10.6 Å². The Morgan fingerprint density at radius 3 is 2.68 bits per heavy atom. The second-order valence-electron chi connectivity index (χ2n) is 5.24. The monoisotopic (exact) mass is 260 g/mol. The fourth-order valence-electron chi connectivity index (χ4n) is 2.35. The molecule has 19 heavy (non-hydrogen) atoms. The summed E-state index contributed by atoms with van der Waals surface area (Å²) in [6.45, 7) is 3.80. The van der Waals surface area contributed by atoms with Crippen LogP contribution in [0.1, 0.15) is 41.8 Å². The molecular formula is C15H20N2O2. The van der Waals surface area contributed by atoms with E-state index in [0.29, 0.717) is 5.56 Å². The third-order valence-electron chi connectivity index (χ3n) is 3.22. The Labute approximate surface area is 113 Å². The smallest absolute Gasteiger partial charge is 0.251 e. The fourth-order valence-corrected chi connectivity index (χ4v) is 2.35. The molecule has 1 aliphatic carbocycles. The summed E-state index contributed by atoms with van der Waals surface area (Å²) >= 11 is 0. The van der Waals surface area contributed by atoms with Crippen LogP contribution in [0.3, 0.4) is 0 Å². The summed E-state index contributed by atoms with van der Waals surface area (Å²) in [6, 6.07) is 5.88. The van der Waals surface area contributed by atoms with Crippen LogP contribution < -0.4 is 10.6 Å². The van der Waals surface area contributed by atoms with E-state index in [1.54, 1.807) is 0 Å². The quantitative estimate of drug-likeness (QED) is 0.860. The first kappa shape index (κ1) is 13.6. The van der Waals surface area contributed by atoms with Gasteiger partial charge in [-0.2, -0.15) is 0 Å². The van der Waals surface area contributed by atoms with Crippen LogP contribution in [0.4, 0.5) is 0 Å². The highest BCUT2D eigenvalue weighted by atomic mass is 16.2. The second kappa shape index (κ2) is 5.87. The number of carbonyl (C=O) groups excluding carboxylic acids is 2. The van der Waals surface area contributed by atoms with Gasteiger partial charge < -0.3 is 10.6 Å². The lowest BCUT2D eigenvalue weighted by atomic mass is 10.1. The van der Waals surface area contributed by atoms with Crippen molar-refractivity contribution in [1.29, 1.82) is 0 Å². The summed E-state index contributed by atoms with van der Waals surface area (Å²) < 4.78 is 0. The van der Waals surface area contributed by atoms with Gasteiger partial charge in [0.05, 0.1) is 6.54 Å². The largest absolute Gasteiger partial charge is 0.352 e. The Balaban J connectivity index is 1.91. The average molecular weight is 260 g/mol. The maximum absolute atomic E-state index is 11.9. The van der Waals surface area contributed by atoms with Crippen LogP contribution >= 0.6 is 0 Å². The molecule has 0 atom stereocenters. The lowest BCUT2D eigenvalue weighted by Crippen LogP contribution is -2.39. The topological polar surface area (TPSA) is 58.2 Å². The van der Waals surface area contributed by atoms with E-state index in [1.165, 1.54) is 11.1 Å². The van der Waals surface area contributed by atoms with E-state index in [-0.39, 0.29) is 24.4 Å². The van der Waals surface area contributed by atoms with Gasteiger partial charge >= 0.3 is 0 Å². The lowest BCUT2D eigenvalue weighted by Gasteiger charge is -2.10. The third-order valence-corrected chi connectivity index (χ3v) is 3.22. The number of benzene rings is 1. The molecule has 0 aromatic heterocycles. The number of amides is 2. The van der Waals surface area contributed by atoms with E-state index in [4.69, 9.17) is 0 Å². The highest BCUT2D eigenvalue weighted by Crippen LogP contribution is 2.22. The SMILES string of the molecule is CC(C)NC(=O)CNC(=O)c1ccc2c(c1)CCC2. The van der Waals surface area contributed by atoms with Crippen LogP contribution in [0.5, 0.6) is 0 Å². The molecule has 0 saturated carbocycles. The van der Waals surface area contributed by atoms with Crippen LogP contribution in [0, 0.1) is 0 Å². The summed E-state index contributed by atoms with van der Waals surface area (Å²) in [6.07, 6.45) is 3.31. The molecule has 0 bridgehead atoms. The van der Waals surface area contributed by atoms with Crippen molar-refractivity contribution in [3.05, 3.63) is 34.9 Å². The van der Waals surface area contributed by atoms with Crippen LogP contribution in [-0.2, 0) is 17.6 Å². The molecule has 102 valence electrons. The Morgan fingerprint density at radius 2 is 1.95 bits per heavy atom. The molecular weight excluding hydrogens is 240 g/mol. The number of carbonyl (C=O) groups is 2. The van der Waals surface area contributed by atoms with Crippen LogP contribution in [0.2, 0.25) is 0 Å². The van der Waals surface area contributed by atoms with Crippen molar-refractivity contribution in [1.82, 2.24) is 10.6 Å². The van der Waals surface area contributed by atoms with Gasteiger partial charge in [-0.05, 0) is 56.4 Å². The zero-order valence-electron chi connectivity index (χ0n) is 11.5. The van der Waals surface area contributed by atoms with Crippen molar-refractivity contribution in [2.75, 3.05) is 6.54 Å². The van der Waals surface area contributed by atoms with Crippen LogP contribution in [0.25, 0.3) is 0 Å². The van der Waals surface area contributed by atoms with Crippen molar-refractivity contribution >= 4 is 11.8 Å². The van der Waals surface area contributed by atoms with Gasteiger partial charge in [-0.15, -0.1) is 0 Å². The minimum Gasteiger partial charge on any atom is -0.352 e. The predicted molar refractivity (Wildman–Crippen MR) is 74.1 cm³/mol. The highest BCUT2D eigenvalue weighted by Gasteiger charge is 2.14. The first-order chi connectivity index (χ1) is 9.06. The molecule has 0 heterocycles. The van der Waals surface area contributed by atoms with Crippen molar-refractivity contribution in [2.24, 2.45) is 0 Å². The van der Waals surface area contributed by atoms with Gasteiger partial charge in [-0.1, -0.05) is 6.07 Å². The minimum absolute atomic E-state index is 0.0219. The molecule has 0 spiro atoms. The normalized spacial score (nSPS) is 13.2. The zero-order valence-corrected chi connectivity index (χ0v) is 11.5. The lowest BCUT2D eigenvalue weighted by molar-refractivity contribution is -0.120. The number of rotatable bonds is 4. The number of fused-ring (bicyclic) bond motifs is 1. The molecule has 1 aromatic carbocycles. The number of nitrogens with one attached hydrogen (secondary N) is 2. The summed E-state index contributed by atoms with van der Waals surface area (Å²) in [7, 11) is 0. The van der Waals surface area contributed by atoms with E-state index in [0.717, 1.165) is 19.3 Å². The van der Waals surface area contributed by atoms with Crippen molar-refractivity contribution in [2.45, 2.75) is 39.2 Å². The van der Waals surface area contributed by atoms with Gasteiger partial charge in [-0.25, -0.2) is 0 Å². The van der Waals surface area contributed by atoms with Crippen molar-refractivity contribution in [3.8, 4) is 0 Å². The van der Waals surface area contributed by atoms with E-state index in [1.807, 2.05) is 32.0 Å². The number of hydrogen-bond acceptors (Lipinski definition) is 2. The molecule has 2 amide bonds. The summed E-state index contributed by atoms with van der Waals surface area (Å²) in [5, 5.41) is 5.38. The Hall–Kier alpha value is -1.84. The third kappa shape index (κ3) is 3.56. The summed E-state index contributed by atoms with van der Waals surface area (Å²) in [5.74, 6) is -0.349. The Morgan fingerprint density at radius 1 is 1.21 bits per heavy atom. The van der Waals surface area contributed by atoms with Gasteiger partial charge in [0.25, 0.3) is 5.91 Å². The number of hydrogen-bond donors (Lipinski definition) is 2. The fraction of sp³-hybridized carbons (Fsp3) is 0.467. The molecule has 4 heteroatoms. The van der Waals surface area contributed by atoms with E-state index in [9.17, 15) is 9.59 Å². The van der Waals surface area contributed by atoms with Gasteiger partial charge in [0, 0.05) is 11.6 Å². The van der Waals surface area contributed by atoms with Crippen molar-refractivity contribution in [3.63, 3.8) is 0 Å². The standard InChI is InChI=1S/C15H20N2O2/c1-10(2)17-14(18)9-16-15(19)13-7-6-11-4-3-5-12(11)8-13/h6-8,10H,3-5,9H2,1-2H3,(H,16,19)(H,17,18). The zero-order chi connectivity index (χ0) is 13.8. The predicted octanol–water partition coefficient (Wildman–Crippen LogP) is 1.43. The van der Waals surface area contributed by atoms with Gasteiger partial charge in [-0.3, -0.25) is 9.59 Å². The van der Waals surface area contributed by atoms with Gasteiger partial charge in [0.15, 0.2) is 0 Å². The molecule has 2 rings (SSSR count). The first-order valence-electron chi connectivity index (χ1n) is 6.75. The second-order valence-corrected chi connectivity index (χ2v) is 5.24. The molecule has 0 radical (unpaired) electrons. The first-order valence-corrected chi connectivity index (χ1v) is 6.75. The molecule has 1 aliphatic rings. The molecule has 0 fully saturated rings. The minimum atomic E-state index is -0.186. The molecule has 0 aliphatic heterocycles. The summed E-state index contributed by atoms with van der Waals surface area (Å²) in [5.41, 5.74) is 3.24. The maximum atomic E-state index is 11.9. The Kier molecular flexibility index (Phi) is 4.20.